The molecule has 0 saturated carbocycles. The molecule has 6 heteroatoms. The van der Waals surface area contributed by atoms with Crippen LogP contribution in [0.25, 0.3) is 10.2 Å². The first-order valence-electron chi connectivity index (χ1n) is 11.8. The van der Waals surface area contributed by atoms with Crippen molar-refractivity contribution in [2.75, 3.05) is 37.6 Å². The smallest absolute Gasteiger partial charge is 0.263 e. The third-order valence-corrected chi connectivity index (χ3v) is 8.06. The summed E-state index contributed by atoms with van der Waals surface area (Å²) < 4.78 is 1.98. The van der Waals surface area contributed by atoms with E-state index in [-0.39, 0.29) is 5.56 Å². The van der Waals surface area contributed by atoms with Gasteiger partial charge in [-0.05, 0) is 49.8 Å². The topological polar surface area (TPSA) is 41.4 Å². The molecular weight excluding hydrogens is 404 g/mol. The van der Waals surface area contributed by atoms with Gasteiger partial charge in [0.05, 0.1) is 5.39 Å². The number of anilines is 1. The molecular formula is C25H32N4OS. The summed E-state index contributed by atoms with van der Waals surface area (Å²) in [7, 11) is 0. The Morgan fingerprint density at radius 1 is 1.00 bits per heavy atom. The zero-order chi connectivity index (χ0) is 21.2. The molecule has 31 heavy (non-hydrogen) atoms. The minimum atomic E-state index is 0.174. The molecule has 3 heterocycles. The summed E-state index contributed by atoms with van der Waals surface area (Å²) in [5.41, 5.74) is 2.74. The van der Waals surface area contributed by atoms with Crippen LogP contribution >= 0.6 is 11.3 Å². The predicted molar refractivity (Wildman–Crippen MR) is 130 cm³/mol. The number of thiophene rings is 1. The Balaban J connectivity index is 1.57. The molecule has 2 aliphatic rings. The first-order chi connectivity index (χ1) is 15.2. The average molecular weight is 437 g/mol. The Hall–Kier alpha value is -2.18. The molecule has 1 aliphatic heterocycles. The molecule has 5 rings (SSSR count). The largest absolute Gasteiger partial charge is 0.340 e. The lowest BCUT2D eigenvalue weighted by Gasteiger charge is -2.35. The number of benzene rings is 1. The van der Waals surface area contributed by atoms with E-state index in [4.69, 9.17) is 4.98 Å². The molecule has 2 aromatic heterocycles. The van der Waals surface area contributed by atoms with Gasteiger partial charge in [-0.1, -0.05) is 43.7 Å². The number of fused-ring (bicyclic) bond motifs is 3. The van der Waals surface area contributed by atoms with E-state index in [0.717, 1.165) is 68.2 Å². The standard InChI is InChI=1S/C25H32N4OS/c1-2-27-15-17-28(18-16-27)25-26-23-22(20-11-7-4-8-12-21(20)31-23)24(30)29(25)14-13-19-9-5-3-6-10-19/h3,5-6,9-10H,2,4,7-8,11-18H2,1H3. The van der Waals surface area contributed by atoms with Crippen LogP contribution in [0.4, 0.5) is 5.95 Å². The summed E-state index contributed by atoms with van der Waals surface area (Å²) in [5, 5.41) is 0.908. The van der Waals surface area contributed by atoms with Crippen LogP contribution in [0.15, 0.2) is 35.1 Å². The monoisotopic (exact) mass is 436 g/mol. The zero-order valence-corrected chi connectivity index (χ0v) is 19.3. The van der Waals surface area contributed by atoms with Crippen molar-refractivity contribution in [2.45, 2.75) is 52.0 Å². The highest BCUT2D eigenvalue weighted by atomic mass is 32.1. The van der Waals surface area contributed by atoms with Crippen LogP contribution in [0.2, 0.25) is 0 Å². The number of piperazine rings is 1. The Morgan fingerprint density at radius 3 is 2.55 bits per heavy atom. The molecule has 0 bridgehead atoms. The van der Waals surface area contributed by atoms with Crippen molar-refractivity contribution in [3.63, 3.8) is 0 Å². The highest BCUT2D eigenvalue weighted by Crippen LogP contribution is 2.34. The Morgan fingerprint density at radius 2 is 1.77 bits per heavy atom. The molecule has 1 aliphatic carbocycles. The first kappa shape index (κ1) is 20.7. The number of aryl methyl sites for hydroxylation is 3. The molecule has 3 aromatic rings. The van der Waals surface area contributed by atoms with E-state index in [2.05, 4.69) is 41.0 Å². The van der Waals surface area contributed by atoms with E-state index in [9.17, 15) is 4.79 Å². The van der Waals surface area contributed by atoms with Gasteiger partial charge in [-0.15, -0.1) is 11.3 Å². The molecule has 1 aromatic carbocycles. The molecule has 164 valence electrons. The third-order valence-electron chi connectivity index (χ3n) is 6.87. The fourth-order valence-corrected chi connectivity index (χ4v) is 6.24. The maximum absolute atomic E-state index is 13.9. The van der Waals surface area contributed by atoms with Crippen molar-refractivity contribution in [3.05, 3.63) is 56.7 Å². The number of hydrogen-bond acceptors (Lipinski definition) is 5. The fourth-order valence-electron chi connectivity index (χ4n) is 5.00. The second-order valence-electron chi connectivity index (χ2n) is 8.77. The van der Waals surface area contributed by atoms with Gasteiger partial charge in [0.2, 0.25) is 5.95 Å². The zero-order valence-electron chi connectivity index (χ0n) is 18.5. The lowest BCUT2D eigenvalue weighted by molar-refractivity contribution is 0.268. The Kier molecular flexibility index (Phi) is 6.10. The molecule has 1 fully saturated rings. The van der Waals surface area contributed by atoms with Crippen LogP contribution in [0, 0.1) is 0 Å². The maximum atomic E-state index is 13.9. The molecule has 0 amide bonds. The molecule has 0 radical (unpaired) electrons. The number of rotatable bonds is 5. The van der Waals surface area contributed by atoms with Crippen LogP contribution in [-0.2, 0) is 25.8 Å². The second kappa shape index (κ2) is 9.13. The molecule has 0 unspecified atom stereocenters. The summed E-state index contributed by atoms with van der Waals surface area (Å²) in [5.74, 6) is 0.876. The predicted octanol–water partition coefficient (Wildman–Crippen LogP) is 4.11. The summed E-state index contributed by atoms with van der Waals surface area (Å²) in [6.45, 7) is 7.91. The van der Waals surface area contributed by atoms with E-state index >= 15 is 0 Å². The summed E-state index contributed by atoms with van der Waals surface area (Å²) in [4.78, 5) is 26.2. The first-order valence-corrected chi connectivity index (χ1v) is 12.6. The van der Waals surface area contributed by atoms with E-state index in [1.54, 1.807) is 11.3 Å². The lowest BCUT2D eigenvalue weighted by Crippen LogP contribution is -2.48. The third kappa shape index (κ3) is 4.15. The van der Waals surface area contributed by atoms with Gasteiger partial charge in [0.1, 0.15) is 4.83 Å². The minimum absolute atomic E-state index is 0.174. The van der Waals surface area contributed by atoms with Crippen molar-refractivity contribution >= 4 is 27.5 Å². The second-order valence-corrected chi connectivity index (χ2v) is 9.85. The minimum Gasteiger partial charge on any atom is -0.340 e. The van der Waals surface area contributed by atoms with Gasteiger partial charge in [-0.3, -0.25) is 9.36 Å². The van der Waals surface area contributed by atoms with Gasteiger partial charge < -0.3 is 9.80 Å². The number of aromatic nitrogens is 2. The molecule has 5 nitrogen and oxygen atoms in total. The fraction of sp³-hybridized carbons (Fsp3) is 0.520. The van der Waals surface area contributed by atoms with Crippen molar-refractivity contribution in [2.24, 2.45) is 0 Å². The van der Waals surface area contributed by atoms with Gasteiger partial charge in [0, 0.05) is 37.6 Å². The lowest BCUT2D eigenvalue weighted by atomic mass is 10.1. The van der Waals surface area contributed by atoms with Crippen LogP contribution in [0.3, 0.4) is 0 Å². The number of nitrogens with zero attached hydrogens (tertiary/aromatic N) is 4. The molecule has 0 spiro atoms. The Labute approximate surface area is 188 Å². The highest BCUT2D eigenvalue weighted by molar-refractivity contribution is 7.18. The van der Waals surface area contributed by atoms with Crippen LogP contribution in [0.1, 0.15) is 42.2 Å². The van der Waals surface area contributed by atoms with Crippen LogP contribution in [0.5, 0.6) is 0 Å². The average Bonchev–Trinajstić information content (AvgIpc) is 3.00. The summed E-state index contributed by atoms with van der Waals surface area (Å²) in [6.07, 6.45) is 6.65. The van der Waals surface area contributed by atoms with Crippen LogP contribution < -0.4 is 10.5 Å². The molecule has 0 N–H and O–H groups in total. The van der Waals surface area contributed by atoms with E-state index in [1.165, 1.54) is 35.3 Å². The number of likely N-dealkylation sites (N-methyl/N-ethyl adjacent to an activating group) is 1. The SMILES string of the molecule is CCN1CCN(c2nc3sc4c(c3c(=O)n2CCc2ccccc2)CCCCC4)CC1. The summed E-state index contributed by atoms with van der Waals surface area (Å²) >= 11 is 1.77. The van der Waals surface area contributed by atoms with Crippen molar-refractivity contribution < 1.29 is 0 Å². The van der Waals surface area contributed by atoms with Crippen LogP contribution in [-0.4, -0.2) is 47.2 Å². The van der Waals surface area contributed by atoms with Gasteiger partial charge in [-0.2, -0.15) is 0 Å². The van der Waals surface area contributed by atoms with Gasteiger partial charge in [0.15, 0.2) is 0 Å². The van der Waals surface area contributed by atoms with Gasteiger partial charge in [-0.25, -0.2) is 4.98 Å². The molecule has 0 atom stereocenters. The van der Waals surface area contributed by atoms with Crippen molar-refractivity contribution in [1.29, 1.82) is 0 Å². The Bertz CT molecular complexity index is 1100. The van der Waals surface area contributed by atoms with E-state index in [0.29, 0.717) is 6.54 Å². The molecule has 1 saturated heterocycles. The van der Waals surface area contributed by atoms with Crippen molar-refractivity contribution in [1.82, 2.24) is 14.5 Å². The normalized spacial score (nSPS) is 17.6. The number of hydrogen-bond donors (Lipinski definition) is 0. The maximum Gasteiger partial charge on any atom is 0.263 e. The van der Waals surface area contributed by atoms with Gasteiger partial charge in [0.25, 0.3) is 5.56 Å². The highest BCUT2D eigenvalue weighted by Gasteiger charge is 2.25. The summed E-state index contributed by atoms with van der Waals surface area (Å²) in [6, 6.07) is 10.5. The van der Waals surface area contributed by atoms with Crippen molar-refractivity contribution in [3.8, 4) is 0 Å². The van der Waals surface area contributed by atoms with E-state index < -0.39 is 0 Å². The quantitative estimate of drug-likeness (QED) is 0.565. The van der Waals surface area contributed by atoms with Gasteiger partial charge >= 0.3 is 0 Å². The van der Waals surface area contributed by atoms with E-state index in [1.807, 2.05) is 10.6 Å².